The molecule has 5 nitrogen and oxygen atoms in total. The van der Waals surface area contributed by atoms with Crippen molar-refractivity contribution in [3.05, 3.63) is 0 Å². The van der Waals surface area contributed by atoms with Crippen LogP contribution in [0.25, 0.3) is 0 Å². The first-order valence-corrected chi connectivity index (χ1v) is 8.10. The van der Waals surface area contributed by atoms with Crippen molar-refractivity contribution in [3.63, 3.8) is 0 Å². The number of rotatable bonds is 3. The van der Waals surface area contributed by atoms with E-state index in [0.717, 1.165) is 37.0 Å². The van der Waals surface area contributed by atoms with Gasteiger partial charge in [0.1, 0.15) is 0 Å². The molecule has 2 amide bonds. The van der Waals surface area contributed by atoms with Crippen LogP contribution in [0.5, 0.6) is 0 Å². The minimum absolute atomic E-state index is 0.0810. The van der Waals surface area contributed by atoms with Crippen LogP contribution in [0.3, 0.4) is 0 Å². The Morgan fingerprint density at radius 2 is 1.48 bits per heavy atom. The van der Waals surface area contributed by atoms with Gasteiger partial charge in [-0.05, 0) is 61.7 Å². The average Bonchev–Trinajstić information content (AvgIpc) is 2.68. The summed E-state index contributed by atoms with van der Waals surface area (Å²) in [5.41, 5.74) is 0.0810. The molecule has 4 saturated carbocycles. The summed E-state index contributed by atoms with van der Waals surface area (Å²) in [6.45, 7) is 0. The largest absolute Gasteiger partial charge is 0.333 e. The van der Waals surface area contributed by atoms with Crippen LogP contribution >= 0.6 is 0 Å². The Hall–Kier alpha value is -1.39. The average molecular weight is 291 g/mol. The van der Waals surface area contributed by atoms with Gasteiger partial charge in [0.15, 0.2) is 0 Å². The van der Waals surface area contributed by atoms with E-state index in [2.05, 4.69) is 0 Å². The molecule has 0 aromatic heterocycles. The van der Waals surface area contributed by atoms with Gasteiger partial charge in [0, 0.05) is 12.8 Å². The molecule has 21 heavy (non-hydrogen) atoms. The van der Waals surface area contributed by atoms with E-state index in [9.17, 15) is 14.4 Å². The summed E-state index contributed by atoms with van der Waals surface area (Å²) < 4.78 is 0. The summed E-state index contributed by atoms with van der Waals surface area (Å²) in [5.74, 6) is 1.15. The topological polar surface area (TPSA) is 63.7 Å². The molecule has 0 atom stereocenters. The van der Waals surface area contributed by atoms with Crippen molar-refractivity contribution in [1.29, 1.82) is 0 Å². The standard InChI is InChI=1S/C16H21NO4/c18-13-1-2-14(19)17(13)21-15(20)9-16-6-10-3-11(7-16)5-12(4-10)8-16/h10-12H,1-9H2. The van der Waals surface area contributed by atoms with Gasteiger partial charge in [-0.25, -0.2) is 4.79 Å². The molecule has 5 fully saturated rings. The molecule has 0 radical (unpaired) electrons. The van der Waals surface area contributed by atoms with Crippen LogP contribution in [-0.4, -0.2) is 22.8 Å². The second-order valence-corrected chi connectivity index (χ2v) is 7.64. The number of hydrogen-bond acceptors (Lipinski definition) is 4. The van der Waals surface area contributed by atoms with Crippen LogP contribution < -0.4 is 0 Å². The molecule has 4 bridgehead atoms. The van der Waals surface area contributed by atoms with Crippen molar-refractivity contribution in [2.75, 3.05) is 0 Å². The van der Waals surface area contributed by atoms with Gasteiger partial charge < -0.3 is 4.84 Å². The first-order valence-electron chi connectivity index (χ1n) is 8.10. The van der Waals surface area contributed by atoms with Crippen molar-refractivity contribution >= 4 is 17.8 Å². The van der Waals surface area contributed by atoms with Crippen molar-refractivity contribution in [2.45, 2.75) is 57.8 Å². The van der Waals surface area contributed by atoms with E-state index in [0.29, 0.717) is 11.5 Å². The van der Waals surface area contributed by atoms with Crippen LogP contribution in [0.1, 0.15) is 57.8 Å². The van der Waals surface area contributed by atoms with Crippen LogP contribution in [-0.2, 0) is 19.2 Å². The highest BCUT2D eigenvalue weighted by molar-refractivity contribution is 6.01. The maximum absolute atomic E-state index is 12.2. The number of hydroxylamine groups is 2. The molecule has 5 aliphatic rings. The molecule has 0 N–H and O–H groups in total. The van der Waals surface area contributed by atoms with Gasteiger partial charge >= 0.3 is 5.97 Å². The van der Waals surface area contributed by atoms with E-state index in [1.807, 2.05) is 0 Å². The first kappa shape index (κ1) is 13.3. The van der Waals surface area contributed by atoms with Crippen LogP contribution in [0.4, 0.5) is 0 Å². The van der Waals surface area contributed by atoms with E-state index in [-0.39, 0.29) is 30.1 Å². The Labute approximate surface area is 124 Å². The van der Waals surface area contributed by atoms with Crippen LogP contribution in [0.2, 0.25) is 0 Å². The van der Waals surface area contributed by atoms with Crippen molar-refractivity contribution in [2.24, 2.45) is 23.2 Å². The molecule has 5 heteroatoms. The zero-order valence-corrected chi connectivity index (χ0v) is 12.2. The lowest BCUT2D eigenvalue weighted by Crippen LogP contribution is -2.47. The number of nitrogens with zero attached hydrogens (tertiary/aromatic N) is 1. The normalized spacial score (nSPS) is 41.0. The van der Waals surface area contributed by atoms with Gasteiger partial charge in [-0.3, -0.25) is 9.59 Å². The van der Waals surface area contributed by atoms with Gasteiger partial charge in [-0.2, -0.15) is 0 Å². The SMILES string of the molecule is O=C(CC12CC3CC(CC(C3)C1)C2)ON1C(=O)CCC1=O. The highest BCUT2D eigenvalue weighted by Gasteiger charge is 2.52. The zero-order chi connectivity index (χ0) is 14.6. The third-order valence-electron chi connectivity index (χ3n) is 5.88. The fourth-order valence-electron chi connectivity index (χ4n) is 5.60. The Bertz CT molecular complexity index is 461. The predicted octanol–water partition coefficient (Wildman–Crippen LogP) is 2.20. The number of carbonyl (C=O) groups excluding carboxylic acids is 3. The van der Waals surface area contributed by atoms with Crippen molar-refractivity contribution in [1.82, 2.24) is 5.06 Å². The van der Waals surface area contributed by atoms with Gasteiger partial charge in [-0.1, -0.05) is 0 Å². The summed E-state index contributed by atoms with van der Waals surface area (Å²) in [7, 11) is 0. The lowest BCUT2D eigenvalue weighted by atomic mass is 9.49. The van der Waals surface area contributed by atoms with E-state index in [1.165, 1.54) is 19.3 Å². The Morgan fingerprint density at radius 1 is 1.00 bits per heavy atom. The number of carbonyl (C=O) groups is 3. The smallest absolute Gasteiger partial charge is 0.330 e. The Balaban J connectivity index is 1.42. The summed E-state index contributed by atoms with van der Waals surface area (Å²) in [4.78, 5) is 40.3. The van der Waals surface area contributed by atoms with E-state index in [1.54, 1.807) is 0 Å². The van der Waals surface area contributed by atoms with E-state index in [4.69, 9.17) is 4.84 Å². The highest BCUT2D eigenvalue weighted by atomic mass is 16.7. The molecule has 0 unspecified atom stereocenters. The minimum Gasteiger partial charge on any atom is -0.330 e. The van der Waals surface area contributed by atoms with Crippen LogP contribution in [0, 0.1) is 23.2 Å². The molecular weight excluding hydrogens is 270 g/mol. The van der Waals surface area contributed by atoms with Crippen LogP contribution in [0.15, 0.2) is 0 Å². The van der Waals surface area contributed by atoms with E-state index < -0.39 is 5.97 Å². The van der Waals surface area contributed by atoms with Crippen molar-refractivity contribution in [3.8, 4) is 0 Å². The third kappa shape index (κ3) is 2.27. The fourth-order valence-corrected chi connectivity index (χ4v) is 5.60. The first-order chi connectivity index (χ1) is 10.0. The summed E-state index contributed by atoms with van der Waals surface area (Å²) in [6, 6.07) is 0. The molecule has 4 aliphatic carbocycles. The monoisotopic (exact) mass is 291 g/mol. The molecular formula is C16H21NO4. The second-order valence-electron chi connectivity index (χ2n) is 7.64. The molecule has 1 heterocycles. The van der Waals surface area contributed by atoms with Gasteiger partial charge in [0.2, 0.25) is 0 Å². The highest BCUT2D eigenvalue weighted by Crippen LogP contribution is 2.61. The molecule has 114 valence electrons. The molecule has 0 spiro atoms. The molecule has 1 saturated heterocycles. The minimum atomic E-state index is -0.402. The third-order valence-corrected chi connectivity index (χ3v) is 5.88. The van der Waals surface area contributed by atoms with Gasteiger partial charge in [0.05, 0.1) is 6.42 Å². The Kier molecular flexibility index (Phi) is 2.88. The zero-order valence-electron chi connectivity index (χ0n) is 12.2. The molecule has 0 aromatic carbocycles. The molecule has 1 aliphatic heterocycles. The molecule has 5 rings (SSSR count). The second kappa shape index (κ2) is 4.55. The fraction of sp³-hybridized carbons (Fsp3) is 0.812. The lowest BCUT2D eigenvalue weighted by Gasteiger charge is -2.56. The number of imide groups is 1. The number of amides is 2. The Morgan fingerprint density at radius 3 is 1.95 bits per heavy atom. The van der Waals surface area contributed by atoms with Crippen molar-refractivity contribution < 1.29 is 19.2 Å². The lowest BCUT2D eigenvalue weighted by molar-refractivity contribution is -0.201. The van der Waals surface area contributed by atoms with E-state index >= 15 is 0 Å². The van der Waals surface area contributed by atoms with Gasteiger partial charge in [0.25, 0.3) is 11.8 Å². The quantitative estimate of drug-likeness (QED) is 0.748. The predicted molar refractivity (Wildman–Crippen MR) is 72.4 cm³/mol. The maximum Gasteiger partial charge on any atom is 0.333 e. The number of hydrogen-bond donors (Lipinski definition) is 0. The maximum atomic E-state index is 12.2. The summed E-state index contributed by atoms with van der Waals surface area (Å²) in [5, 5.41) is 0.683. The summed E-state index contributed by atoms with van der Waals surface area (Å²) in [6.07, 6.45) is 8.04. The van der Waals surface area contributed by atoms with Gasteiger partial charge in [-0.15, -0.1) is 5.06 Å². The molecule has 0 aromatic rings. The summed E-state index contributed by atoms with van der Waals surface area (Å²) >= 11 is 0.